The van der Waals surface area contributed by atoms with Gasteiger partial charge in [-0.3, -0.25) is 0 Å². The summed E-state index contributed by atoms with van der Waals surface area (Å²) in [5.74, 6) is 2.70. The molecule has 3 fully saturated rings. The Balaban J connectivity index is 1.34. The van der Waals surface area contributed by atoms with Gasteiger partial charge in [-0.05, 0) is 67.9 Å². The fraction of sp³-hybridized carbons (Fsp3) is 0.647. The molecule has 4 rings (SSSR count). The summed E-state index contributed by atoms with van der Waals surface area (Å²) in [7, 11) is 0. The molecule has 1 aromatic carbocycles. The molecule has 0 bridgehead atoms. The van der Waals surface area contributed by atoms with Crippen molar-refractivity contribution < 1.29 is 0 Å². The molecule has 0 radical (unpaired) electrons. The van der Waals surface area contributed by atoms with Gasteiger partial charge in [0.25, 0.3) is 0 Å². The van der Waals surface area contributed by atoms with Crippen LogP contribution in [0.2, 0.25) is 5.02 Å². The molecule has 2 heteroatoms. The maximum atomic E-state index is 6.29. The molecule has 1 N–H and O–H groups in total. The first kappa shape index (κ1) is 12.2. The number of rotatable bonds is 5. The molecule has 0 aromatic heterocycles. The highest BCUT2D eigenvalue weighted by Gasteiger charge is 2.44. The molecule has 0 heterocycles. The van der Waals surface area contributed by atoms with Crippen LogP contribution in [0.25, 0.3) is 0 Å². The zero-order valence-corrected chi connectivity index (χ0v) is 12.1. The van der Waals surface area contributed by atoms with Crippen LogP contribution in [0.15, 0.2) is 24.3 Å². The van der Waals surface area contributed by atoms with Crippen molar-refractivity contribution in [3.63, 3.8) is 0 Å². The SMILES string of the molecule is Clc1ccccc1C1CC(NC(C2CC2)C2CC2)C1. The molecule has 0 aliphatic heterocycles. The van der Waals surface area contributed by atoms with E-state index in [-0.39, 0.29) is 0 Å². The van der Waals surface area contributed by atoms with Gasteiger partial charge < -0.3 is 5.32 Å². The van der Waals surface area contributed by atoms with E-state index in [0.717, 1.165) is 28.9 Å². The summed E-state index contributed by atoms with van der Waals surface area (Å²) in [6, 6.07) is 9.94. The van der Waals surface area contributed by atoms with Crippen LogP contribution in [-0.2, 0) is 0 Å². The second kappa shape index (κ2) is 4.79. The van der Waals surface area contributed by atoms with E-state index in [4.69, 9.17) is 11.6 Å². The Morgan fingerprint density at radius 3 is 2.21 bits per heavy atom. The van der Waals surface area contributed by atoms with Gasteiger partial charge in [0.15, 0.2) is 0 Å². The van der Waals surface area contributed by atoms with E-state index >= 15 is 0 Å². The first-order chi connectivity index (χ1) is 9.31. The highest BCUT2D eigenvalue weighted by molar-refractivity contribution is 6.31. The summed E-state index contributed by atoms with van der Waals surface area (Å²) in [5, 5.41) is 4.90. The third-order valence-electron chi connectivity index (χ3n) is 5.17. The van der Waals surface area contributed by atoms with Gasteiger partial charge in [-0.1, -0.05) is 29.8 Å². The van der Waals surface area contributed by atoms with Gasteiger partial charge in [-0.2, -0.15) is 0 Å². The van der Waals surface area contributed by atoms with Gasteiger partial charge in [-0.25, -0.2) is 0 Å². The van der Waals surface area contributed by atoms with Gasteiger partial charge in [0.05, 0.1) is 0 Å². The lowest BCUT2D eigenvalue weighted by Crippen LogP contribution is -2.47. The number of benzene rings is 1. The van der Waals surface area contributed by atoms with Gasteiger partial charge >= 0.3 is 0 Å². The lowest BCUT2D eigenvalue weighted by atomic mass is 9.75. The molecule has 1 nitrogen and oxygen atoms in total. The Hall–Kier alpha value is -0.530. The normalized spacial score (nSPS) is 30.4. The number of hydrogen-bond donors (Lipinski definition) is 1. The second-order valence-electron chi connectivity index (χ2n) is 6.75. The minimum Gasteiger partial charge on any atom is -0.311 e. The van der Waals surface area contributed by atoms with Crippen LogP contribution in [0.4, 0.5) is 0 Å². The van der Waals surface area contributed by atoms with E-state index in [9.17, 15) is 0 Å². The third kappa shape index (κ3) is 2.55. The summed E-state index contributed by atoms with van der Waals surface area (Å²) in [6.07, 6.45) is 8.42. The maximum Gasteiger partial charge on any atom is 0.0440 e. The van der Waals surface area contributed by atoms with Crippen molar-refractivity contribution in [2.45, 2.75) is 56.5 Å². The Bertz CT molecular complexity index is 446. The van der Waals surface area contributed by atoms with E-state index in [1.807, 2.05) is 12.1 Å². The number of nitrogens with one attached hydrogen (secondary N) is 1. The van der Waals surface area contributed by atoms with Crippen molar-refractivity contribution in [3.8, 4) is 0 Å². The minimum atomic E-state index is 0.685. The summed E-state index contributed by atoms with van der Waals surface area (Å²) in [6.45, 7) is 0. The highest BCUT2D eigenvalue weighted by atomic mass is 35.5. The summed E-state index contributed by atoms with van der Waals surface area (Å²) in [5.41, 5.74) is 1.36. The van der Waals surface area contributed by atoms with Crippen molar-refractivity contribution in [2.24, 2.45) is 11.8 Å². The van der Waals surface area contributed by atoms with E-state index in [0.29, 0.717) is 5.92 Å². The van der Waals surface area contributed by atoms with Gasteiger partial charge in [0, 0.05) is 17.1 Å². The molecule has 0 saturated heterocycles. The van der Waals surface area contributed by atoms with E-state index in [2.05, 4.69) is 17.4 Å². The van der Waals surface area contributed by atoms with E-state index in [1.165, 1.54) is 44.1 Å². The fourth-order valence-electron chi connectivity index (χ4n) is 3.65. The van der Waals surface area contributed by atoms with Crippen LogP contribution in [0.3, 0.4) is 0 Å². The van der Waals surface area contributed by atoms with Crippen LogP contribution >= 0.6 is 11.6 Å². The molecule has 102 valence electrons. The zero-order valence-electron chi connectivity index (χ0n) is 11.3. The van der Waals surface area contributed by atoms with Gasteiger partial charge in [0.1, 0.15) is 0 Å². The molecule has 0 amide bonds. The van der Waals surface area contributed by atoms with Crippen molar-refractivity contribution in [2.75, 3.05) is 0 Å². The van der Waals surface area contributed by atoms with Gasteiger partial charge in [0.2, 0.25) is 0 Å². The summed E-state index contributed by atoms with van der Waals surface area (Å²) >= 11 is 6.29. The van der Waals surface area contributed by atoms with Crippen molar-refractivity contribution in [1.29, 1.82) is 0 Å². The number of halogens is 1. The van der Waals surface area contributed by atoms with Gasteiger partial charge in [-0.15, -0.1) is 0 Å². The molecule has 3 saturated carbocycles. The third-order valence-corrected chi connectivity index (χ3v) is 5.52. The second-order valence-corrected chi connectivity index (χ2v) is 7.16. The molecule has 3 aliphatic rings. The molecular formula is C17H22ClN. The fourth-order valence-corrected chi connectivity index (χ4v) is 3.94. The van der Waals surface area contributed by atoms with Crippen molar-refractivity contribution in [1.82, 2.24) is 5.32 Å². The Labute approximate surface area is 120 Å². The van der Waals surface area contributed by atoms with Crippen LogP contribution in [-0.4, -0.2) is 12.1 Å². The van der Waals surface area contributed by atoms with Crippen LogP contribution in [0.1, 0.15) is 50.0 Å². The van der Waals surface area contributed by atoms with E-state index < -0.39 is 0 Å². The lowest BCUT2D eigenvalue weighted by molar-refractivity contribution is 0.242. The Morgan fingerprint density at radius 1 is 1.00 bits per heavy atom. The zero-order chi connectivity index (χ0) is 12.8. The Kier molecular flexibility index (Phi) is 3.08. The molecule has 0 atom stereocenters. The average molecular weight is 276 g/mol. The first-order valence-corrected chi connectivity index (χ1v) is 8.19. The van der Waals surface area contributed by atoms with Crippen LogP contribution < -0.4 is 5.32 Å². The monoisotopic (exact) mass is 275 g/mol. The van der Waals surface area contributed by atoms with Crippen LogP contribution in [0, 0.1) is 11.8 Å². The van der Waals surface area contributed by atoms with Crippen LogP contribution in [0.5, 0.6) is 0 Å². The topological polar surface area (TPSA) is 12.0 Å². The smallest absolute Gasteiger partial charge is 0.0440 e. The predicted molar refractivity (Wildman–Crippen MR) is 79.6 cm³/mol. The van der Waals surface area contributed by atoms with Crippen molar-refractivity contribution in [3.05, 3.63) is 34.9 Å². The lowest BCUT2D eigenvalue weighted by Gasteiger charge is -2.39. The molecule has 19 heavy (non-hydrogen) atoms. The summed E-state index contributed by atoms with van der Waals surface area (Å²) in [4.78, 5) is 0. The highest BCUT2D eigenvalue weighted by Crippen LogP contribution is 2.47. The molecular weight excluding hydrogens is 254 g/mol. The summed E-state index contributed by atoms with van der Waals surface area (Å²) < 4.78 is 0. The predicted octanol–water partition coefficient (Wildman–Crippen LogP) is 4.36. The Morgan fingerprint density at radius 2 is 1.63 bits per heavy atom. The molecule has 1 aromatic rings. The average Bonchev–Trinajstić information content (AvgIpc) is 3.24. The van der Waals surface area contributed by atoms with E-state index in [1.54, 1.807) is 0 Å². The first-order valence-electron chi connectivity index (χ1n) is 7.82. The quantitative estimate of drug-likeness (QED) is 0.842. The van der Waals surface area contributed by atoms with Crippen molar-refractivity contribution >= 4 is 11.6 Å². The number of hydrogen-bond acceptors (Lipinski definition) is 1. The standard InChI is InChI=1S/C17H22ClN/c18-16-4-2-1-3-15(16)13-9-14(10-13)19-17(11-5-6-11)12-7-8-12/h1-4,11-14,17,19H,5-10H2. The maximum absolute atomic E-state index is 6.29. The molecule has 0 spiro atoms. The largest absolute Gasteiger partial charge is 0.311 e. The molecule has 3 aliphatic carbocycles. The molecule has 0 unspecified atom stereocenters. The minimum absolute atomic E-state index is 0.685.